The quantitative estimate of drug-likeness (QED) is 0.0611. The summed E-state index contributed by atoms with van der Waals surface area (Å²) in [5.74, 6) is -5.11. The highest BCUT2D eigenvalue weighted by Gasteiger charge is 2.73. The number of halogens is 2. The molecule has 3 aliphatic carbocycles. The predicted octanol–water partition coefficient (Wildman–Crippen LogP) is 5.53. The summed E-state index contributed by atoms with van der Waals surface area (Å²) in [6.45, 7) is -0.708. The third-order valence-corrected chi connectivity index (χ3v) is 10.5. The van der Waals surface area contributed by atoms with E-state index in [-0.39, 0.29) is 17.7 Å². The molecule has 1 heterocycles. The van der Waals surface area contributed by atoms with E-state index in [1.165, 1.54) is 24.3 Å². The van der Waals surface area contributed by atoms with Crippen LogP contribution in [0.25, 0.3) is 0 Å². The Morgan fingerprint density at radius 1 is 0.761 bits per heavy atom. The Balaban J connectivity index is 1.25. The van der Waals surface area contributed by atoms with Gasteiger partial charge in [0.15, 0.2) is 12.4 Å². The Morgan fingerprint density at radius 3 is 1.67 bits per heavy atom. The van der Waals surface area contributed by atoms with E-state index in [4.69, 9.17) is 27.9 Å². The van der Waals surface area contributed by atoms with Crippen molar-refractivity contribution in [2.24, 2.45) is 11.8 Å². The monoisotopic (exact) mass is 654 g/mol. The van der Waals surface area contributed by atoms with Gasteiger partial charge in [0.25, 0.3) is 5.69 Å². The molecule has 2 bridgehead atoms. The van der Waals surface area contributed by atoms with Crippen molar-refractivity contribution < 1.29 is 28.8 Å². The predicted molar refractivity (Wildman–Crippen MR) is 167 cm³/mol. The van der Waals surface area contributed by atoms with Crippen LogP contribution < -0.4 is 0 Å². The lowest BCUT2D eigenvalue weighted by molar-refractivity contribution is -0.384. The summed E-state index contributed by atoms with van der Waals surface area (Å²) in [4.78, 5) is 64.2. The Kier molecular flexibility index (Phi) is 7.06. The molecule has 8 rings (SSSR count). The molecule has 0 saturated carbocycles. The number of carbonyl (C=O) groups excluding carboxylic acids is 4. The van der Waals surface area contributed by atoms with E-state index in [1.807, 2.05) is 24.3 Å². The van der Waals surface area contributed by atoms with Gasteiger partial charge in [-0.2, -0.15) is 0 Å². The first kappa shape index (κ1) is 29.8. The van der Waals surface area contributed by atoms with Crippen molar-refractivity contribution in [2.75, 3.05) is 6.61 Å². The average molecular weight is 655 g/mol. The van der Waals surface area contributed by atoms with Crippen molar-refractivity contribution >= 4 is 52.5 Å². The molecule has 0 aromatic heterocycles. The van der Waals surface area contributed by atoms with E-state index in [2.05, 4.69) is 0 Å². The number of likely N-dealkylation sites (tertiary alicyclic amines) is 1. The number of benzene rings is 4. The van der Waals surface area contributed by atoms with Crippen molar-refractivity contribution in [1.82, 2.24) is 4.90 Å². The number of amides is 2. The SMILES string of the molecule is O=C(COC(=O)[C@@H](Cc1ccccc1)N1C(=O)[C@@H]2[C@H](C1=O)C1(Cl)c3ccccc3C2(Cl)c2ccccc21)c1ccc([N+](=O)[O-])cc1. The van der Waals surface area contributed by atoms with Crippen LogP contribution in [0.4, 0.5) is 5.69 Å². The van der Waals surface area contributed by atoms with E-state index in [0.717, 1.165) is 4.90 Å². The highest BCUT2D eigenvalue weighted by Crippen LogP contribution is 2.69. The van der Waals surface area contributed by atoms with E-state index < -0.39 is 62.7 Å². The van der Waals surface area contributed by atoms with Crippen LogP contribution in [0.3, 0.4) is 0 Å². The topological polar surface area (TPSA) is 124 Å². The molecular formula is C35H24Cl2N2O7. The zero-order chi connectivity index (χ0) is 32.4. The summed E-state index contributed by atoms with van der Waals surface area (Å²) in [5, 5.41) is 11.0. The average Bonchev–Trinajstić information content (AvgIpc) is 3.35. The molecule has 2 amide bonds. The number of non-ortho nitro benzene ring substituents is 1. The second kappa shape index (κ2) is 10.9. The molecule has 4 aromatic rings. The number of nitrogens with zero attached hydrogens (tertiary/aromatic N) is 2. The number of alkyl halides is 2. The van der Waals surface area contributed by atoms with Crippen molar-refractivity contribution in [1.29, 1.82) is 0 Å². The maximum Gasteiger partial charge on any atom is 0.330 e. The van der Waals surface area contributed by atoms with Gasteiger partial charge in [0.1, 0.15) is 15.8 Å². The minimum absolute atomic E-state index is 0.0766. The van der Waals surface area contributed by atoms with E-state index >= 15 is 0 Å². The van der Waals surface area contributed by atoms with Gasteiger partial charge in [0.05, 0.1) is 16.8 Å². The number of imide groups is 1. The lowest BCUT2D eigenvalue weighted by Gasteiger charge is -2.54. The molecule has 0 spiro atoms. The standard InChI is InChI=1S/C35H24Cl2N2O7/c36-34-23-10-4-5-11-24(23)35(37,26-13-7-6-12-25(26)34)30-29(34)31(41)38(32(30)42)27(18-20-8-2-1-3-9-20)33(43)46-19-28(40)21-14-16-22(17-15-21)39(44)45/h1-17,27,29-30H,18-19H2/t27-,29-,30+,34?,35?/m1/s1. The second-order valence-corrected chi connectivity index (χ2v) is 12.7. The third-order valence-electron chi connectivity index (χ3n) is 9.22. The van der Waals surface area contributed by atoms with E-state index in [1.54, 1.807) is 54.6 Å². The van der Waals surface area contributed by atoms with Crippen molar-refractivity contribution in [2.45, 2.75) is 22.2 Å². The maximum atomic E-state index is 14.5. The number of Topliss-reactive ketones (excluding diaryl/α,β-unsaturated/α-hetero) is 1. The van der Waals surface area contributed by atoms with Gasteiger partial charge in [-0.05, 0) is 39.9 Å². The van der Waals surface area contributed by atoms with Crippen LogP contribution >= 0.6 is 23.2 Å². The summed E-state index contributed by atoms with van der Waals surface area (Å²) in [6, 6.07) is 26.7. The second-order valence-electron chi connectivity index (χ2n) is 11.6. The summed E-state index contributed by atoms with van der Waals surface area (Å²) in [5.41, 5.74) is 3.07. The molecule has 4 aromatic carbocycles. The van der Waals surface area contributed by atoms with Crippen molar-refractivity contribution in [3.8, 4) is 0 Å². The van der Waals surface area contributed by atoms with Crippen LogP contribution in [0.2, 0.25) is 0 Å². The van der Waals surface area contributed by atoms with Crippen LogP contribution in [-0.2, 0) is 35.3 Å². The number of nitro benzene ring substituents is 1. The van der Waals surface area contributed by atoms with Crippen LogP contribution in [0.15, 0.2) is 103 Å². The number of carbonyl (C=O) groups is 4. The summed E-state index contributed by atoms with van der Waals surface area (Å²) in [7, 11) is 0. The normalized spacial score (nSPS) is 24.5. The first-order chi connectivity index (χ1) is 22.1. The molecule has 1 fully saturated rings. The van der Waals surface area contributed by atoms with Crippen LogP contribution in [-0.4, -0.2) is 46.0 Å². The lowest BCUT2D eigenvalue weighted by atomic mass is 9.54. The van der Waals surface area contributed by atoms with Gasteiger partial charge < -0.3 is 4.74 Å². The molecule has 3 atom stereocenters. The number of hydrogen-bond acceptors (Lipinski definition) is 7. The molecule has 11 heteroatoms. The molecule has 1 saturated heterocycles. The van der Waals surface area contributed by atoms with Gasteiger partial charge in [-0.1, -0.05) is 78.9 Å². The molecule has 9 nitrogen and oxygen atoms in total. The molecule has 230 valence electrons. The minimum Gasteiger partial charge on any atom is -0.456 e. The Bertz CT molecular complexity index is 1820. The van der Waals surface area contributed by atoms with Gasteiger partial charge in [0.2, 0.25) is 11.8 Å². The van der Waals surface area contributed by atoms with Gasteiger partial charge in [-0.25, -0.2) is 4.79 Å². The highest BCUT2D eigenvalue weighted by molar-refractivity contribution is 6.36. The number of esters is 1. The van der Waals surface area contributed by atoms with Crippen LogP contribution in [0.1, 0.15) is 38.2 Å². The Labute approximate surface area is 272 Å². The molecule has 0 radical (unpaired) electrons. The molecular weight excluding hydrogens is 631 g/mol. The zero-order valence-electron chi connectivity index (χ0n) is 24.0. The third kappa shape index (κ3) is 4.22. The zero-order valence-corrected chi connectivity index (χ0v) is 25.5. The van der Waals surface area contributed by atoms with Gasteiger partial charge in [0, 0.05) is 24.1 Å². The van der Waals surface area contributed by atoms with Crippen molar-refractivity contribution in [3.63, 3.8) is 0 Å². The van der Waals surface area contributed by atoms with E-state index in [0.29, 0.717) is 27.8 Å². The lowest BCUT2D eigenvalue weighted by Crippen LogP contribution is -2.57. The molecule has 1 aliphatic heterocycles. The fourth-order valence-electron chi connectivity index (χ4n) is 7.20. The maximum absolute atomic E-state index is 14.5. The number of rotatable bonds is 8. The van der Waals surface area contributed by atoms with Gasteiger partial charge >= 0.3 is 5.97 Å². The molecule has 4 aliphatic rings. The Morgan fingerprint density at radius 2 is 1.22 bits per heavy atom. The van der Waals surface area contributed by atoms with Crippen molar-refractivity contribution in [3.05, 3.63) is 147 Å². The number of ketones is 1. The summed E-state index contributed by atoms with van der Waals surface area (Å²) >= 11 is 15.1. The largest absolute Gasteiger partial charge is 0.456 e. The van der Waals surface area contributed by atoms with Gasteiger partial charge in [-0.15, -0.1) is 23.2 Å². The smallest absolute Gasteiger partial charge is 0.330 e. The first-order valence-corrected chi connectivity index (χ1v) is 15.3. The first-order valence-electron chi connectivity index (χ1n) is 14.5. The number of nitro groups is 1. The van der Waals surface area contributed by atoms with E-state index in [9.17, 15) is 29.3 Å². The molecule has 0 unspecified atom stereocenters. The summed E-state index contributed by atoms with van der Waals surface area (Å²) in [6.07, 6.45) is -0.0766. The fraction of sp³-hybridized carbons (Fsp3) is 0.200. The van der Waals surface area contributed by atoms with Gasteiger partial charge in [-0.3, -0.25) is 29.4 Å². The highest BCUT2D eigenvalue weighted by atomic mass is 35.5. The Hall–Kier alpha value is -4.86. The number of hydrogen-bond donors (Lipinski definition) is 0. The molecule has 46 heavy (non-hydrogen) atoms. The number of ether oxygens (including phenoxy) is 1. The fourth-order valence-corrected chi connectivity index (χ4v) is 8.30. The summed E-state index contributed by atoms with van der Waals surface area (Å²) < 4.78 is 5.44. The minimum atomic E-state index is -1.43. The van der Waals surface area contributed by atoms with Crippen LogP contribution in [0.5, 0.6) is 0 Å². The van der Waals surface area contributed by atoms with Crippen LogP contribution in [0, 0.1) is 22.0 Å². The molecule has 0 N–H and O–H groups in total.